The number of carbonyl (C=O) groups is 1. The molecule has 4 aromatic heterocycles. The molecule has 0 bridgehead atoms. The summed E-state index contributed by atoms with van der Waals surface area (Å²) in [6.45, 7) is 1.60. The van der Waals surface area contributed by atoms with Crippen molar-refractivity contribution < 1.29 is 9.21 Å². The molecular weight excluding hydrogens is 452 g/mol. The van der Waals surface area contributed by atoms with E-state index in [0.717, 1.165) is 77.4 Å². The summed E-state index contributed by atoms with van der Waals surface area (Å²) in [6.07, 6.45) is 13.3. The predicted octanol–water partition coefficient (Wildman–Crippen LogP) is 5.06. The molecule has 0 spiro atoms. The number of nitrogen functional groups attached to an aromatic ring is 1. The molecule has 2 aliphatic rings. The van der Waals surface area contributed by atoms with E-state index >= 15 is 0 Å². The summed E-state index contributed by atoms with van der Waals surface area (Å²) in [6, 6.07) is 10.4. The normalized spacial score (nSPS) is 16.7. The number of fused-ring (bicyclic) bond motifs is 2. The number of benzene rings is 1. The molecule has 5 heterocycles. The van der Waals surface area contributed by atoms with Crippen LogP contribution in [-0.4, -0.2) is 43.6 Å². The SMILES string of the molecule is Nc1ncc(-c2cnn(C3CCN(C(=O)C4CC4)CC3)c2)c2cc(-c3cccc4cnccc34)oc12. The fourth-order valence-electron chi connectivity index (χ4n) is 5.36. The van der Waals surface area contributed by atoms with E-state index in [9.17, 15) is 4.79 Å². The lowest BCUT2D eigenvalue weighted by Gasteiger charge is -2.32. The second kappa shape index (κ2) is 8.19. The number of carbonyl (C=O) groups excluding carboxylic acids is 1. The molecule has 2 N–H and O–H groups in total. The minimum Gasteiger partial charge on any atom is -0.452 e. The number of aromatic nitrogens is 4. The van der Waals surface area contributed by atoms with Crippen LogP contribution < -0.4 is 5.73 Å². The van der Waals surface area contributed by atoms with Gasteiger partial charge in [-0.15, -0.1) is 0 Å². The van der Waals surface area contributed by atoms with Gasteiger partial charge in [-0.05, 0) is 43.2 Å². The molecule has 1 saturated carbocycles. The average molecular weight is 479 g/mol. The lowest BCUT2D eigenvalue weighted by molar-refractivity contribution is -0.133. The second-order valence-corrected chi connectivity index (χ2v) is 9.85. The number of rotatable bonds is 4. The molecule has 7 rings (SSSR count). The first-order valence-corrected chi connectivity index (χ1v) is 12.5. The molecule has 5 aromatic rings. The van der Waals surface area contributed by atoms with Crippen molar-refractivity contribution >= 4 is 33.5 Å². The van der Waals surface area contributed by atoms with Crippen molar-refractivity contribution in [1.82, 2.24) is 24.6 Å². The van der Waals surface area contributed by atoms with E-state index in [2.05, 4.69) is 21.3 Å². The molecule has 1 aliphatic carbocycles. The molecule has 36 heavy (non-hydrogen) atoms. The number of pyridine rings is 2. The Bertz CT molecular complexity index is 1600. The molecule has 1 amide bonds. The highest BCUT2D eigenvalue weighted by Crippen LogP contribution is 2.39. The molecule has 1 aliphatic heterocycles. The van der Waals surface area contributed by atoms with Crippen molar-refractivity contribution in [3.63, 3.8) is 0 Å². The van der Waals surface area contributed by atoms with Crippen LogP contribution in [-0.2, 0) is 4.79 Å². The van der Waals surface area contributed by atoms with E-state index in [1.165, 1.54) is 0 Å². The fourth-order valence-corrected chi connectivity index (χ4v) is 5.36. The third kappa shape index (κ3) is 3.52. The van der Waals surface area contributed by atoms with Gasteiger partial charge in [0.15, 0.2) is 11.4 Å². The zero-order valence-corrected chi connectivity index (χ0v) is 19.8. The van der Waals surface area contributed by atoms with E-state index in [0.29, 0.717) is 17.3 Å². The topological polar surface area (TPSA) is 103 Å². The molecule has 180 valence electrons. The van der Waals surface area contributed by atoms with Gasteiger partial charge in [0.05, 0.1) is 12.2 Å². The molecule has 8 heteroatoms. The standard InChI is InChI=1S/C28H26N6O2/c29-27-26-23(12-25(36-26)22-3-1-2-18-13-30-9-6-21(18)22)24(15-31-27)19-14-32-34(16-19)20-7-10-33(11-8-20)28(35)17-4-5-17/h1-3,6,9,12-17,20H,4-5,7-8,10-11H2,(H2,29,31). The van der Waals surface area contributed by atoms with Gasteiger partial charge in [-0.2, -0.15) is 5.10 Å². The Labute approximate surface area is 207 Å². The van der Waals surface area contributed by atoms with Gasteiger partial charge in [-0.3, -0.25) is 14.5 Å². The van der Waals surface area contributed by atoms with Gasteiger partial charge >= 0.3 is 0 Å². The van der Waals surface area contributed by atoms with Crippen LogP contribution in [0.2, 0.25) is 0 Å². The Kier molecular flexibility index (Phi) is 4.80. The zero-order chi connectivity index (χ0) is 24.2. The maximum absolute atomic E-state index is 12.4. The Morgan fingerprint density at radius 1 is 1.00 bits per heavy atom. The minimum atomic E-state index is 0.281. The highest BCUT2D eigenvalue weighted by Gasteiger charge is 2.35. The van der Waals surface area contributed by atoms with Crippen LogP contribution in [0.5, 0.6) is 0 Å². The maximum Gasteiger partial charge on any atom is 0.225 e. The van der Waals surface area contributed by atoms with Crippen molar-refractivity contribution in [1.29, 1.82) is 0 Å². The van der Waals surface area contributed by atoms with Crippen molar-refractivity contribution in [2.24, 2.45) is 5.92 Å². The van der Waals surface area contributed by atoms with Crippen LogP contribution in [0.4, 0.5) is 5.82 Å². The van der Waals surface area contributed by atoms with Crippen LogP contribution in [0.15, 0.2) is 65.7 Å². The summed E-state index contributed by atoms with van der Waals surface area (Å²) >= 11 is 0. The Morgan fingerprint density at radius 2 is 1.86 bits per heavy atom. The molecule has 0 unspecified atom stereocenters. The predicted molar refractivity (Wildman–Crippen MR) is 138 cm³/mol. The number of piperidine rings is 1. The van der Waals surface area contributed by atoms with E-state index in [1.54, 1.807) is 12.4 Å². The summed E-state index contributed by atoms with van der Waals surface area (Å²) in [5.74, 6) is 1.72. The largest absolute Gasteiger partial charge is 0.452 e. The summed E-state index contributed by atoms with van der Waals surface area (Å²) in [7, 11) is 0. The summed E-state index contributed by atoms with van der Waals surface area (Å²) in [5, 5.41) is 7.71. The number of likely N-dealkylation sites (tertiary alicyclic amines) is 1. The minimum absolute atomic E-state index is 0.281. The van der Waals surface area contributed by atoms with Crippen LogP contribution >= 0.6 is 0 Å². The monoisotopic (exact) mass is 478 g/mol. The van der Waals surface area contributed by atoms with Gasteiger partial charge in [0.2, 0.25) is 5.91 Å². The van der Waals surface area contributed by atoms with Crippen molar-refractivity contribution in [2.45, 2.75) is 31.7 Å². The van der Waals surface area contributed by atoms with E-state index in [4.69, 9.17) is 10.2 Å². The Morgan fingerprint density at radius 3 is 2.69 bits per heavy atom. The number of furan rings is 1. The Balaban J connectivity index is 1.21. The van der Waals surface area contributed by atoms with Crippen molar-refractivity contribution in [2.75, 3.05) is 18.8 Å². The highest BCUT2D eigenvalue weighted by atomic mass is 16.3. The van der Waals surface area contributed by atoms with Gasteiger partial charge in [-0.1, -0.05) is 18.2 Å². The molecular formula is C28H26N6O2. The van der Waals surface area contributed by atoms with Gasteiger partial charge in [0.1, 0.15) is 5.76 Å². The molecule has 0 atom stereocenters. The van der Waals surface area contributed by atoms with Crippen molar-refractivity contribution in [3.8, 4) is 22.5 Å². The van der Waals surface area contributed by atoms with E-state index in [1.807, 2.05) is 52.3 Å². The average Bonchev–Trinajstić information content (AvgIpc) is 3.48. The first kappa shape index (κ1) is 21.1. The number of hydrogen-bond acceptors (Lipinski definition) is 6. The smallest absolute Gasteiger partial charge is 0.225 e. The summed E-state index contributed by atoms with van der Waals surface area (Å²) in [5.41, 5.74) is 9.69. The lowest BCUT2D eigenvalue weighted by atomic mass is 10.0. The number of nitrogens with zero attached hydrogens (tertiary/aromatic N) is 5. The third-order valence-electron chi connectivity index (χ3n) is 7.52. The van der Waals surface area contributed by atoms with Gasteiger partial charge in [0.25, 0.3) is 0 Å². The van der Waals surface area contributed by atoms with Crippen LogP contribution in [0, 0.1) is 5.92 Å². The first-order chi connectivity index (χ1) is 17.7. The molecule has 0 radical (unpaired) electrons. The quantitative estimate of drug-likeness (QED) is 0.387. The molecule has 2 fully saturated rings. The molecule has 1 aromatic carbocycles. The van der Waals surface area contributed by atoms with Gasteiger partial charge in [0, 0.05) is 71.3 Å². The van der Waals surface area contributed by atoms with E-state index < -0.39 is 0 Å². The van der Waals surface area contributed by atoms with Crippen molar-refractivity contribution in [3.05, 3.63) is 61.3 Å². The number of hydrogen-bond donors (Lipinski definition) is 1. The van der Waals surface area contributed by atoms with Gasteiger partial charge < -0.3 is 15.1 Å². The van der Waals surface area contributed by atoms with E-state index in [-0.39, 0.29) is 12.0 Å². The zero-order valence-electron chi connectivity index (χ0n) is 19.8. The van der Waals surface area contributed by atoms with Crippen LogP contribution in [0.25, 0.3) is 44.2 Å². The molecule has 8 nitrogen and oxygen atoms in total. The summed E-state index contributed by atoms with van der Waals surface area (Å²) in [4.78, 5) is 23.1. The van der Waals surface area contributed by atoms with Gasteiger partial charge in [-0.25, -0.2) is 4.98 Å². The summed E-state index contributed by atoms with van der Waals surface area (Å²) < 4.78 is 8.30. The van der Waals surface area contributed by atoms with Crippen LogP contribution in [0.3, 0.4) is 0 Å². The Hall–Kier alpha value is -4.20. The number of nitrogens with two attached hydrogens (primary N) is 1. The maximum atomic E-state index is 12.4. The lowest BCUT2D eigenvalue weighted by Crippen LogP contribution is -2.39. The second-order valence-electron chi connectivity index (χ2n) is 9.85. The highest BCUT2D eigenvalue weighted by molar-refractivity contribution is 6.03. The number of anilines is 1. The number of amides is 1. The third-order valence-corrected chi connectivity index (χ3v) is 7.52. The fraction of sp³-hybridized carbons (Fsp3) is 0.286. The van der Waals surface area contributed by atoms with Crippen LogP contribution in [0.1, 0.15) is 31.7 Å². The first-order valence-electron chi connectivity index (χ1n) is 12.5. The molecule has 1 saturated heterocycles.